The number of nitrogens with zero attached hydrogens (tertiary/aromatic N) is 1. The molecule has 1 fully saturated rings. The molecule has 0 spiro atoms. The molecule has 0 radical (unpaired) electrons. The lowest BCUT2D eigenvalue weighted by Gasteiger charge is -1.86. The second-order valence-corrected chi connectivity index (χ2v) is 4.51. The largest absolute Gasteiger partial charge is 0.466 e. The van der Waals surface area contributed by atoms with Crippen LogP contribution in [0.15, 0.2) is 11.4 Å². The molecule has 1 aliphatic rings. The molecule has 2 rings (SSSR count). The van der Waals surface area contributed by atoms with Gasteiger partial charge in [0.1, 0.15) is 0 Å². The monoisotopic (exact) mass is 248 g/mol. The van der Waals surface area contributed by atoms with Crippen molar-refractivity contribution in [2.75, 3.05) is 6.61 Å². The Morgan fingerprint density at radius 3 is 2.44 bits per heavy atom. The van der Waals surface area contributed by atoms with Crippen molar-refractivity contribution >= 4 is 16.1 Å². The predicted octanol–water partition coefficient (Wildman–Crippen LogP) is 0.288. The molecule has 1 aromatic rings. The number of aromatic nitrogens is 2. The Morgan fingerprint density at radius 1 is 1.56 bits per heavy atom. The topological polar surface area (TPSA) is 109 Å². The highest BCUT2D eigenvalue weighted by Gasteiger charge is 2.11. The lowest BCUT2D eigenvalue weighted by Crippen LogP contribution is -1.99. The lowest BCUT2D eigenvalue weighted by atomic mass is 10.4. The number of aromatic amines is 1. The number of imidazole rings is 1. The van der Waals surface area contributed by atoms with Crippen LogP contribution < -0.4 is 0 Å². The van der Waals surface area contributed by atoms with Gasteiger partial charge < -0.3 is 9.72 Å². The van der Waals surface area contributed by atoms with Crippen LogP contribution in [0.5, 0.6) is 0 Å². The molecule has 0 unspecified atom stereocenters. The van der Waals surface area contributed by atoms with Gasteiger partial charge in [-0.3, -0.25) is 9.35 Å². The van der Waals surface area contributed by atoms with Gasteiger partial charge in [0, 0.05) is 18.3 Å². The van der Waals surface area contributed by atoms with Crippen molar-refractivity contribution in [3.05, 3.63) is 11.9 Å². The summed E-state index contributed by atoms with van der Waals surface area (Å²) < 4.78 is 33.5. The summed E-state index contributed by atoms with van der Waals surface area (Å²) in [6.45, 7) is 2.28. The number of hydrogen-bond acceptors (Lipinski definition) is 5. The summed E-state index contributed by atoms with van der Waals surface area (Å²) in [6.07, 6.45) is 2.86. The van der Waals surface area contributed by atoms with E-state index in [0.717, 1.165) is 6.42 Å². The number of nitrogens with one attached hydrogen (secondary N) is 1. The van der Waals surface area contributed by atoms with E-state index in [0.29, 0.717) is 18.7 Å². The molecule has 1 saturated heterocycles. The van der Waals surface area contributed by atoms with Crippen molar-refractivity contribution in [2.45, 2.75) is 24.9 Å². The molecule has 2 heterocycles. The summed E-state index contributed by atoms with van der Waals surface area (Å²) in [4.78, 5) is 15.8. The molecule has 1 aliphatic heterocycles. The fraction of sp³-hybridized carbons (Fsp3) is 0.500. The van der Waals surface area contributed by atoms with Crippen LogP contribution >= 0.6 is 0 Å². The molecule has 0 aromatic carbocycles. The highest BCUT2D eigenvalue weighted by molar-refractivity contribution is 7.85. The first-order valence-electron chi connectivity index (χ1n) is 4.54. The Bertz CT molecular complexity index is 457. The van der Waals surface area contributed by atoms with Crippen molar-refractivity contribution in [2.24, 2.45) is 0 Å². The third-order valence-electron chi connectivity index (χ3n) is 1.71. The summed E-state index contributed by atoms with van der Waals surface area (Å²) in [6, 6.07) is 0. The Labute approximate surface area is 92.6 Å². The molecular formula is C8H12N2O5S. The van der Waals surface area contributed by atoms with Crippen molar-refractivity contribution in [3.8, 4) is 0 Å². The smallest absolute Gasteiger partial charge is 0.328 e. The molecule has 8 heteroatoms. The van der Waals surface area contributed by atoms with Gasteiger partial charge in [-0.05, 0) is 13.3 Å². The molecule has 0 saturated carbocycles. The molecule has 0 aliphatic carbocycles. The van der Waals surface area contributed by atoms with Gasteiger partial charge in [-0.2, -0.15) is 8.42 Å². The van der Waals surface area contributed by atoms with E-state index in [9.17, 15) is 13.2 Å². The minimum Gasteiger partial charge on any atom is -0.466 e. The van der Waals surface area contributed by atoms with Gasteiger partial charge in [0.05, 0.1) is 6.61 Å². The molecule has 2 N–H and O–H groups in total. The summed E-state index contributed by atoms with van der Waals surface area (Å²) in [5.41, 5.74) is 0.590. The number of carbonyl (C=O) groups excluding carboxylic acids is 1. The number of ether oxygens (including phenoxy) is 1. The highest BCUT2D eigenvalue weighted by Crippen LogP contribution is 2.01. The van der Waals surface area contributed by atoms with Gasteiger partial charge in [0.15, 0.2) is 0 Å². The summed E-state index contributed by atoms with van der Waals surface area (Å²) in [7, 11) is -4.15. The second-order valence-electron chi connectivity index (χ2n) is 3.17. The van der Waals surface area contributed by atoms with Crippen LogP contribution in [-0.4, -0.2) is 35.5 Å². The number of carbonyl (C=O) groups is 1. The van der Waals surface area contributed by atoms with Crippen LogP contribution in [0, 0.1) is 6.92 Å². The van der Waals surface area contributed by atoms with Gasteiger partial charge in [-0.1, -0.05) is 0 Å². The fourth-order valence-corrected chi connectivity index (χ4v) is 1.47. The quantitative estimate of drug-likeness (QED) is 0.546. The zero-order valence-corrected chi connectivity index (χ0v) is 9.45. The van der Waals surface area contributed by atoms with Crippen molar-refractivity contribution in [1.29, 1.82) is 0 Å². The molecule has 0 atom stereocenters. The van der Waals surface area contributed by atoms with Gasteiger partial charge in [-0.25, -0.2) is 4.98 Å². The van der Waals surface area contributed by atoms with E-state index in [1.165, 1.54) is 6.20 Å². The Morgan fingerprint density at radius 2 is 2.25 bits per heavy atom. The first kappa shape index (κ1) is 12.7. The molecule has 0 bridgehead atoms. The standard InChI is InChI=1S/C4H6N2O3S.C4H6O2/c1-3-2-5-4(6-3)10(7,8)9;5-4-2-1-3-6-4/h2H,1H3,(H,5,6)(H,7,8,9);1-3H2. The number of hydrogen-bond donors (Lipinski definition) is 2. The van der Waals surface area contributed by atoms with E-state index in [1.807, 2.05) is 0 Å². The van der Waals surface area contributed by atoms with Crippen LogP contribution in [0.2, 0.25) is 0 Å². The van der Waals surface area contributed by atoms with E-state index in [1.54, 1.807) is 6.92 Å². The van der Waals surface area contributed by atoms with Crippen molar-refractivity contribution in [3.63, 3.8) is 0 Å². The molecule has 7 nitrogen and oxygen atoms in total. The first-order valence-corrected chi connectivity index (χ1v) is 5.98. The Kier molecular flexibility index (Phi) is 4.02. The van der Waals surface area contributed by atoms with Crippen molar-refractivity contribution in [1.82, 2.24) is 9.97 Å². The number of cyclic esters (lactones) is 1. The minimum absolute atomic E-state index is 0.0463. The number of rotatable bonds is 1. The maximum absolute atomic E-state index is 10.3. The molecule has 16 heavy (non-hydrogen) atoms. The zero-order valence-electron chi connectivity index (χ0n) is 8.63. The number of esters is 1. The van der Waals surface area contributed by atoms with Crippen LogP contribution in [0.25, 0.3) is 0 Å². The van der Waals surface area contributed by atoms with Gasteiger partial charge >= 0.3 is 16.1 Å². The average Bonchev–Trinajstić information content (AvgIpc) is 2.76. The Balaban J connectivity index is 0.000000181. The summed E-state index contributed by atoms with van der Waals surface area (Å²) >= 11 is 0. The first-order chi connectivity index (χ1) is 7.39. The van der Waals surface area contributed by atoms with Gasteiger partial charge in [0.25, 0.3) is 5.16 Å². The third-order valence-corrected chi connectivity index (χ3v) is 2.41. The van der Waals surface area contributed by atoms with E-state index in [-0.39, 0.29) is 5.97 Å². The minimum atomic E-state index is -4.15. The summed E-state index contributed by atoms with van der Waals surface area (Å²) in [5.74, 6) is -0.0463. The predicted molar refractivity (Wildman–Crippen MR) is 53.3 cm³/mol. The number of H-pyrrole nitrogens is 1. The molecular weight excluding hydrogens is 236 g/mol. The molecule has 1 aromatic heterocycles. The third kappa shape index (κ3) is 3.99. The van der Waals surface area contributed by atoms with E-state index < -0.39 is 15.3 Å². The van der Waals surface area contributed by atoms with Gasteiger partial charge in [-0.15, -0.1) is 0 Å². The van der Waals surface area contributed by atoms with E-state index in [4.69, 9.17) is 4.55 Å². The second kappa shape index (κ2) is 5.08. The average molecular weight is 248 g/mol. The lowest BCUT2D eigenvalue weighted by molar-refractivity contribution is -0.137. The van der Waals surface area contributed by atoms with Crippen molar-refractivity contribution < 1.29 is 22.5 Å². The summed E-state index contributed by atoms with van der Waals surface area (Å²) in [5, 5.41) is -0.412. The van der Waals surface area contributed by atoms with E-state index in [2.05, 4.69) is 14.7 Å². The normalized spacial score (nSPS) is 15.2. The number of aryl methyl sites for hydroxylation is 1. The maximum Gasteiger partial charge on any atom is 0.328 e. The zero-order chi connectivity index (χ0) is 12.2. The van der Waals surface area contributed by atoms with Gasteiger partial charge in [0.2, 0.25) is 0 Å². The SMILES string of the molecule is Cc1cnc(S(=O)(=O)O)[nH]1.O=C1CCCO1. The molecule has 0 amide bonds. The van der Waals surface area contributed by atoms with E-state index >= 15 is 0 Å². The fourth-order valence-electron chi connectivity index (χ4n) is 0.994. The van der Waals surface area contributed by atoms with Crippen LogP contribution in [-0.2, 0) is 19.6 Å². The van der Waals surface area contributed by atoms with Crippen LogP contribution in [0.4, 0.5) is 0 Å². The highest BCUT2D eigenvalue weighted by atomic mass is 32.2. The Hall–Kier alpha value is -1.41. The van der Waals surface area contributed by atoms with Crippen LogP contribution in [0.3, 0.4) is 0 Å². The maximum atomic E-state index is 10.3. The molecule has 90 valence electrons. The van der Waals surface area contributed by atoms with Crippen LogP contribution in [0.1, 0.15) is 18.5 Å².